The van der Waals surface area contributed by atoms with Crippen molar-refractivity contribution in [2.24, 2.45) is 5.92 Å². The Labute approximate surface area is 217 Å². The number of hydrogen-bond donors (Lipinski definition) is 1. The Kier molecular flexibility index (Phi) is 6.81. The highest BCUT2D eigenvalue weighted by Crippen LogP contribution is 2.48. The second-order valence-electron chi connectivity index (χ2n) is 9.38. The van der Waals surface area contributed by atoms with Crippen LogP contribution in [0.5, 0.6) is 5.75 Å². The molecule has 37 heavy (non-hydrogen) atoms. The number of nitrogens with zero attached hydrogens (tertiary/aromatic N) is 1. The van der Waals surface area contributed by atoms with Gasteiger partial charge in [0.05, 0.1) is 35.2 Å². The van der Waals surface area contributed by atoms with E-state index in [0.717, 1.165) is 23.6 Å². The van der Waals surface area contributed by atoms with Crippen LogP contribution in [0.15, 0.2) is 60.8 Å². The largest absolute Gasteiger partial charge is 0.497 e. The van der Waals surface area contributed by atoms with E-state index in [2.05, 4.69) is 10.3 Å². The van der Waals surface area contributed by atoms with E-state index in [1.807, 2.05) is 24.3 Å². The molecule has 5 rings (SSSR count). The number of methoxy groups -OCH3 is 1. The number of alkyl halides is 3. The third-order valence-corrected chi connectivity index (χ3v) is 7.60. The monoisotopic (exact) mass is 528 g/mol. The Hall–Kier alpha value is -3.23. The molecule has 0 bridgehead atoms. The zero-order chi connectivity index (χ0) is 26.3. The molecule has 1 saturated carbocycles. The van der Waals surface area contributed by atoms with Crippen molar-refractivity contribution in [1.82, 2.24) is 10.3 Å². The number of aromatic nitrogens is 1. The van der Waals surface area contributed by atoms with Crippen molar-refractivity contribution < 1.29 is 27.5 Å². The summed E-state index contributed by atoms with van der Waals surface area (Å²) in [6, 6.07) is 14.9. The molecule has 2 aliphatic rings. The van der Waals surface area contributed by atoms with Gasteiger partial charge in [0, 0.05) is 24.6 Å². The van der Waals surface area contributed by atoms with Crippen molar-refractivity contribution >= 4 is 23.2 Å². The van der Waals surface area contributed by atoms with Crippen LogP contribution >= 0.6 is 11.6 Å². The maximum absolute atomic E-state index is 14.2. The molecule has 2 aromatic carbocycles. The van der Waals surface area contributed by atoms with Gasteiger partial charge in [0.1, 0.15) is 11.5 Å². The predicted octanol–water partition coefficient (Wildman–Crippen LogP) is 5.67. The Morgan fingerprint density at radius 2 is 1.78 bits per heavy atom. The molecule has 1 aliphatic heterocycles. The summed E-state index contributed by atoms with van der Waals surface area (Å²) in [5.41, 5.74) is 1.67. The van der Waals surface area contributed by atoms with E-state index < -0.39 is 41.3 Å². The summed E-state index contributed by atoms with van der Waals surface area (Å²) in [5, 5.41) is 3.08. The molecule has 0 unspecified atom stereocenters. The van der Waals surface area contributed by atoms with Gasteiger partial charge in [-0.1, -0.05) is 48.0 Å². The fraction of sp³-hybridized carbons (Fsp3) is 0.321. The molecule has 1 aliphatic carbocycles. The van der Waals surface area contributed by atoms with Crippen LogP contribution in [0, 0.1) is 5.92 Å². The summed E-state index contributed by atoms with van der Waals surface area (Å²) in [5.74, 6) is -2.68. The molecule has 9 heteroatoms. The Bertz CT molecular complexity index is 1340. The van der Waals surface area contributed by atoms with E-state index in [1.165, 1.54) is 7.11 Å². The molecule has 1 N–H and O–H groups in total. The van der Waals surface area contributed by atoms with E-state index in [4.69, 9.17) is 16.3 Å². The quantitative estimate of drug-likeness (QED) is 0.442. The number of pyridine rings is 1. The van der Waals surface area contributed by atoms with Gasteiger partial charge in [0.2, 0.25) is 0 Å². The fourth-order valence-corrected chi connectivity index (χ4v) is 5.80. The number of benzene rings is 2. The first-order valence-electron chi connectivity index (χ1n) is 11.9. The van der Waals surface area contributed by atoms with Crippen molar-refractivity contribution in [2.75, 3.05) is 13.7 Å². The van der Waals surface area contributed by atoms with Crippen LogP contribution < -0.4 is 10.1 Å². The van der Waals surface area contributed by atoms with E-state index >= 15 is 0 Å². The lowest BCUT2D eigenvalue weighted by molar-refractivity contribution is -0.139. The Balaban J connectivity index is 1.60. The number of carbonyl (C=O) groups excluding carboxylic acids is 2. The maximum atomic E-state index is 14.2. The summed E-state index contributed by atoms with van der Waals surface area (Å²) in [7, 11) is 1.52. The standard InChI is InChI=1S/C28H24ClF3N2O3/c1-37-18-8-6-16(7-9-18)20-13-22(35)24(25-19-5-3-2-4-15(19)10-11-33-25)27(36)23(20)26-21(29)12-17(14-34-26)28(30,31)32/h2-9,12,14,20,23-25,33H,10-11,13H2,1H3/t20-,23-,24+,25-/m0/s1. The zero-order valence-electron chi connectivity index (χ0n) is 19.9. The molecule has 0 saturated heterocycles. The van der Waals surface area contributed by atoms with Crippen LogP contribution in [0.1, 0.15) is 52.2 Å². The van der Waals surface area contributed by atoms with Crippen LogP contribution in [-0.2, 0) is 22.2 Å². The predicted molar refractivity (Wildman–Crippen MR) is 132 cm³/mol. The third kappa shape index (κ3) is 4.76. The minimum Gasteiger partial charge on any atom is -0.497 e. The van der Waals surface area contributed by atoms with Gasteiger partial charge in [-0.3, -0.25) is 14.6 Å². The lowest BCUT2D eigenvalue weighted by Crippen LogP contribution is -2.47. The molecule has 0 radical (unpaired) electrons. The van der Waals surface area contributed by atoms with E-state index in [1.54, 1.807) is 24.3 Å². The second kappa shape index (κ2) is 9.91. The molecule has 192 valence electrons. The topological polar surface area (TPSA) is 68.3 Å². The molecular weight excluding hydrogens is 505 g/mol. The molecular formula is C28H24ClF3N2O3. The van der Waals surface area contributed by atoms with Crippen LogP contribution in [0.25, 0.3) is 0 Å². The molecule has 2 heterocycles. The summed E-state index contributed by atoms with van der Waals surface area (Å²) in [4.78, 5) is 31.8. The summed E-state index contributed by atoms with van der Waals surface area (Å²) >= 11 is 6.35. The number of nitrogens with one attached hydrogen (secondary N) is 1. The Morgan fingerprint density at radius 3 is 2.46 bits per heavy atom. The van der Waals surface area contributed by atoms with Gasteiger partial charge in [-0.2, -0.15) is 13.2 Å². The lowest BCUT2D eigenvalue weighted by atomic mass is 9.65. The smallest absolute Gasteiger partial charge is 0.417 e. The highest BCUT2D eigenvalue weighted by atomic mass is 35.5. The molecule has 0 spiro atoms. The maximum Gasteiger partial charge on any atom is 0.417 e. The third-order valence-electron chi connectivity index (χ3n) is 7.30. The van der Waals surface area contributed by atoms with Crippen LogP contribution in [0.4, 0.5) is 13.2 Å². The second-order valence-corrected chi connectivity index (χ2v) is 9.78. The zero-order valence-corrected chi connectivity index (χ0v) is 20.6. The van der Waals surface area contributed by atoms with Crippen LogP contribution in [-0.4, -0.2) is 30.2 Å². The molecule has 1 aromatic heterocycles. The SMILES string of the molecule is COc1ccc([C@@H]2CC(=O)[C@H]([C@H]3NCCc4ccccc43)C(=O)[C@@H]2c2ncc(C(F)(F)F)cc2Cl)cc1. The van der Waals surface area contributed by atoms with Crippen molar-refractivity contribution in [1.29, 1.82) is 0 Å². The van der Waals surface area contributed by atoms with Crippen molar-refractivity contribution in [2.45, 2.75) is 36.9 Å². The first-order chi connectivity index (χ1) is 17.7. The van der Waals surface area contributed by atoms with Crippen molar-refractivity contribution in [3.63, 3.8) is 0 Å². The van der Waals surface area contributed by atoms with Gasteiger partial charge in [-0.15, -0.1) is 0 Å². The van der Waals surface area contributed by atoms with Gasteiger partial charge in [-0.05, 0) is 47.9 Å². The Morgan fingerprint density at radius 1 is 1.05 bits per heavy atom. The van der Waals surface area contributed by atoms with E-state index in [9.17, 15) is 22.8 Å². The minimum atomic E-state index is -4.63. The average Bonchev–Trinajstić information content (AvgIpc) is 2.88. The first kappa shape index (κ1) is 25.4. The highest BCUT2D eigenvalue weighted by molar-refractivity contribution is 6.31. The number of ether oxygens (including phenoxy) is 1. The molecule has 4 atom stereocenters. The first-order valence-corrected chi connectivity index (χ1v) is 12.3. The number of carbonyl (C=O) groups is 2. The van der Waals surface area contributed by atoms with Crippen molar-refractivity contribution in [3.05, 3.63) is 93.8 Å². The van der Waals surface area contributed by atoms with Gasteiger partial charge in [0.15, 0.2) is 5.78 Å². The number of hydrogen-bond acceptors (Lipinski definition) is 5. The number of fused-ring (bicyclic) bond motifs is 1. The number of ketones is 2. The van der Waals surface area contributed by atoms with Crippen LogP contribution in [0.3, 0.4) is 0 Å². The highest BCUT2D eigenvalue weighted by Gasteiger charge is 2.50. The average molecular weight is 529 g/mol. The number of halogens is 4. The summed E-state index contributed by atoms with van der Waals surface area (Å²) in [6.45, 7) is 0.602. The summed E-state index contributed by atoms with van der Waals surface area (Å²) in [6.07, 6.45) is -3.15. The minimum absolute atomic E-state index is 0.0206. The molecule has 1 fully saturated rings. The van der Waals surface area contributed by atoms with Gasteiger partial charge < -0.3 is 10.1 Å². The lowest BCUT2D eigenvalue weighted by Gasteiger charge is -2.39. The summed E-state index contributed by atoms with van der Waals surface area (Å²) < 4.78 is 45.1. The van der Waals surface area contributed by atoms with Gasteiger partial charge >= 0.3 is 6.18 Å². The normalized spacial score (nSPS) is 24.0. The molecule has 0 amide bonds. The van der Waals surface area contributed by atoms with Gasteiger partial charge in [0.25, 0.3) is 0 Å². The fourth-order valence-electron chi connectivity index (χ4n) is 5.52. The molecule has 3 aromatic rings. The van der Waals surface area contributed by atoms with E-state index in [-0.39, 0.29) is 22.9 Å². The number of rotatable bonds is 4. The van der Waals surface area contributed by atoms with Crippen LogP contribution in [0.2, 0.25) is 5.02 Å². The van der Waals surface area contributed by atoms with E-state index in [0.29, 0.717) is 24.1 Å². The van der Waals surface area contributed by atoms with Crippen molar-refractivity contribution in [3.8, 4) is 5.75 Å². The molecule has 5 nitrogen and oxygen atoms in total. The van der Waals surface area contributed by atoms with Gasteiger partial charge in [-0.25, -0.2) is 0 Å². The number of Topliss-reactive ketones (excluding diaryl/α,β-unsaturated/α-hetero) is 2.